The highest BCUT2D eigenvalue weighted by Gasteiger charge is 2.17. The number of carbonyl (C=O) groups excluding carboxylic acids is 1. The zero-order valence-corrected chi connectivity index (χ0v) is 19.4. The number of benzene rings is 2. The highest BCUT2D eigenvalue weighted by molar-refractivity contribution is 9.10. The van der Waals surface area contributed by atoms with Crippen molar-refractivity contribution in [3.63, 3.8) is 0 Å². The molecule has 1 N–H and O–H groups in total. The maximum absolute atomic E-state index is 12.1. The fraction of sp³-hybridized carbons (Fsp3) is 0.292. The van der Waals surface area contributed by atoms with Crippen molar-refractivity contribution in [2.45, 2.75) is 19.3 Å². The molecule has 1 aromatic heterocycles. The van der Waals surface area contributed by atoms with Crippen molar-refractivity contribution in [2.75, 3.05) is 27.2 Å². The van der Waals surface area contributed by atoms with Crippen LogP contribution in [0.1, 0.15) is 29.7 Å². The van der Waals surface area contributed by atoms with Crippen molar-refractivity contribution in [1.82, 2.24) is 9.88 Å². The molecule has 0 amide bonds. The number of fused-ring (bicyclic) bond motifs is 2. The molecule has 0 bridgehead atoms. The Bertz CT molecular complexity index is 1130. The summed E-state index contributed by atoms with van der Waals surface area (Å²) in [5.41, 5.74) is 5.83. The van der Waals surface area contributed by atoms with E-state index in [-0.39, 0.29) is 12.4 Å². The predicted octanol–water partition coefficient (Wildman–Crippen LogP) is 5.97. The summed E-state index contributed by atoms with van der Waals surface area (Å²) in [5.74, 6) is 0.617. The average molecular weight is 488 g/mol. The molecule has 1 aliphatic carbocycles. The SMILES string of the molecule is CN(C)CCCC(=O)COc1cc2[nH]c(C3=Cc4ccc(Br)cc4C3)cc2cc1Cl. The van der Waals surface area contributed by atoms with Gasteiger partial charge in [-0.3, -0.25) is 4.79 Å². The summed E-state index contributed by atoms with van der Waals surface area (Å²) in [6.45, 7) is 0.932. The van der Waals surface area contributed by atoms with Crippen LogP contribution in [0.15, 0.2) is 40.9 Å². The third kappa shape index (κ3) is 4.80. The largest absolute Gasteiger partial charge is 0.484 e. The zero-order chi connectivity index (χ0) is 21.3. The number of hydrogen-bond donors (Lipinski definition) is 1. The lowest BCUT2D eigenvalue weighted by atomic mass is 10.1. The molecule has 4 nitrogen and oxygen atoms in total. The highest BCUT2D eigenvalue weighted by atomic mass is 79.9. The van der Waals surface area contributed by atoms with E-state index in [2.05, 4.69) is 56.2 Å². The molecule has 0 saturated heterocycles. The number of Topliss-reactive ketones (excluding diaryl/α,β-unsaturated/α-hetero) is 1. The van der Waals surface area contributed by atoms with E-state index in [9.17, 15) is 4.79 Å². The minimum absolute atomic E-state index is 0.0432. The highest BCUT2D eigenvalue weighted by Crippen LogP contribution is 2.36. The lowest BCUT2D eigenvalue weighted by molar-refractivity contribution is -0.121. The average Bonchev–Trinajstić information content (AvgIpc) is 3.28. The van der Waals surface area contributed by atoms with Gasteiger partial charge in [0, 0.05) is 40.0 Å². The molecule has 2 aromatic carbocycles. The molecule has 3 aromatic rings. The molecular formula is C24H24BrClN2O2. The zero-order valence-electron chi connectivity index (χ0n) is 17.1. The van der Waals surface area contributed by atoms with Crippen LogP contribution >= 0.6 is 27.5 Å². The van der Waals surface area contributed by atoms with Gasteiger partial charge < -0.3 is 14.6 Å². The van der Waals surface area contributed by atoms with Crippen LogP contribution in [0.3, 0.4) is 0 Å². The van der Waals surface area contributed by atoms with E-state index < -0.39 is 0 Å². The van der Waals surface area contributed by atoms with Crippen molar-refractivity contribution in [3.05, 3.63) is 62.7 Å². The maximum Gasteiger partial charge on any atom is 0.170 e. The molecule has 156 valence electrons. The Labute approximate surface area is 190 Å². The van der Waals surface area contributed by atoms with Crippen LogP contribution in [0.25, 0.3) is 22.6 Å². The van der Waals surface area contributed by atoms with E-state index in [0.717, 1.165) is 40.5 Å². The topological polar surface area (TPSA) is 45.3 Å². The number of aromatic nitrogens is 1. The van der Waals surface area contributed by atoms with Crippen molar-refractivity contribution >= 4 is 55.9 Å². The second kappa shape index (κ2) is 8.96. The Morgan fingerprint density at radius 2 is 2.07 bits per heavy atom. The monoisotopic (exact) mass is 486 g/mol. The number of nitrogens with one attached hydrogen (secondary N) is 1. The standard InChI is InChI=1S/C24H24BrClN2O2/c1-28(2)7-3-4-20(29)14-30-24-13-23-18(11-21(24)26)12-22(27-23)17-8-15-5-6-19(25)10-16(15)9-17/h5-6,8,10-13,27H,3-4,7,9,14H2,1-2H3. The first kappa shape index (κ1) is 21.2. The number of carbonyl (C=O) groups is 1. The van der Waals surface area contributed by atoms with Crippen molar-refractivity contribution < 1.29 is 9.53 Å². The van der Waals surface area contributed by atoms with Crippen molar-refractivity contribution in [1.29, 1.82) is 0 Å². The maximum atomic E-state index is 12.1. The second-order valence-electron chi connectivity index (χ2n) is 7.98. The van der Waals surface area contributed by atoms with Crippen LogP contribution in [-0.2, 0) is 11.2 Å². The normalized spacial score (nSPS) is 13.0. The Balaban J connectivity index is 1.46. The summed E-state index contributed by atoms with van der Waals surface area (Å²) < 4.78 is 6.82. The lowest BCUT2D eigenvalue weighted by Gasteiger charge is -2.10. The first-order valence-corrected chi connectivity index (χ1v) is 11.2. The molecule has 0 unspecified atom stereocenters. The molecule has 1 aliphatic rings. The Kier molecular flexibility index (Phi) is 6.32. The second-order valence-corrected chi connectivity index (χ2v) is 9.30. The van der Waals surface area contributed by atoms with E-state index >= 15 is 0 Å². The van der Waals surface area contributed by atoms with Gasteiger partial charge in [0.15, 0.2) is 5.78 Å². The summed E-state index contributed by atoms with van der Waals surface area (Å²) in [7, 11) is 4.00. The molecule has 0 radical (unpaired) electrons. The number of ketones is 1. The molecule has 4 rings (SSSR count). The van der Waals surface area contributed by atoms with Crippen molar-refractivity contribution in [2.24, 2.45) is 0 Å². The van der Waals surface area contributed by atoms with Gasteiger partial charge in [-0.15, -0.1) is 0 Å². The smallest absolute Gasteiger partial charge is 0.170 e. The van der Waals surface area contributed by atoms with E-state index in [0.29, 0.717) is 17.2 Å². The number of allylic oxidation sites excluding steroid dienone is 1. The van der Waals surface area contributed by atoms with Crippen LogP contribution in [0.4, 0.5) is 0 Å². The summed E-state index contributed by atoms with van der Waals surface area (Å²) in [5, 5.41) is 1.54. The molecule has 0 aliphatic heterocycles. The van der Waals surface area contributed by atoms with Gasteiger partial charge in [-0.25, -0.2) is 0 Å². The number of rotatable bonds is 8. The molecule has 0 spiro atoms. The van der Waals surface area contributed by atoms with Gasteiger partial charge in [-0.2, -0.15) is 0 Å². The van der Waals surface area contributed by atoms with Gasteiger partial charge in [0.25, 0.3) is 0 Å². The molecule has 0 fully saturated rings. The number of ether oxygens (including phenoxy) is 1. The van der Waals surface area contributed by atoms with Crippen LogP contribution in [0.5, 0.6) is 5.75 Å². The number of halogens is 2. The molecule has 6 heteroatoms. The van der Waals surface area contributed by atoms with Gasteiger partial charge in [0.2, 0.25) is 0 Å². The Morgan fingerprint density at radius 3 is 2.87 bits per heavy atom. The number of hydrogen-bond acceptors (Lipinski definition) is 3. The van der Waals surface area contributed by atoms with Crippen molar-refractivity contribution in [3.8, 4) is 5.75 Å². The van der Waals surface area contributed by atoms with Gasteiger partial charge in [0.1, 0.15) is 12.4 Å². The van der Waals surface area contributed by atoms with Gasteiger partial charge >= 0.3 is 0 Å². The molecular weight excluding hydrogens is 464 g/mol. The van der Waals surface area contributed by atoms with Gasteiger partial charge in [-0.05, 0) is 74.1 Å². The summed E-state index contributed by atoms with van der Waals surface area (Å²) >= 11 is 9.96. The third-order valence-corrected chi connectivity index (χ3v) is 6.07. The summed E-state index contributed by atoms with van der Waals surface area (Å²) in [4.78, 5) is 17.6. The fourth-order valence-corrected chi connectivity index (χ4v) is 4.36. The Hall–Kier alpha value is -2.08. The summed E-state index contributed by atoms with van der Waals surface area (Å²) in [6, 6.07) is 12.3. The summed E-state index contributed by atoms with van der Waals surface area (Å²) in [6.07, 6.45) is 4.45. The van der Waals surface area contributed by atoms with E-state index in [4.69, 9.17) is 16.3 Å². The van der Waals surface area contributed by atoms with Crippen LogP contribution in [-0.4, -0.2) is 42.9 Å². The first-order valence-electron chi connectivity index (χ1n) is 10.00. The fourth-order valence-electron chi connectivity index (χ4n) is 3.72. The minimum Gasteiger partial charge on any atom is -0.484 e. The number of nitrogens with zero attached hydrogens (tertiary/aromatic N) is 1. The van der Waals surface area contributed by atoms with Crippen LogP contribution in [0.2, 0.25) is 5.02 Å². The van der Waals surface area contributed by atoms with Gasteiger partial charge in [-0.1, -0.05) is 33.6 Å². The van der Waals surface area contributed by atoms with E-state index in [1.54, 1.807) is 0 Å². The quantitative estimate of drug-likeness (QED) is 0.426. The number of H-pyrrole nitrogens is 1. The molecule has 0 atom stereocenters. The lowest BCUT2D eigenvalue weighted by Crippen LogP contribution is -2.16. The molecule has 1 heterocycles. The predicted molar refractivity (Wildman–Crippen MR) is 127 cm³/mol. The third-order valence-electron chi connectivity index (χ3n) is 5.28. The molecule has 30 heavy (non-hydrogen) atoms. The minimum atomic E-state index is 0.0432. The number of aromatic amines is 1. The Morgan fingerprint density at radius 1 is 1.23 bits per heavy atom. The van der Waals surface area contributed by atoms with Gasteiger partial charge in [0.05, 0.1) is 5.02 Å². The van der Waals surface area contributed by atoms with E-state index in [1.165, 1.54) is 16.7 Å². The van der Waals surface area contributed by atoms with Crippen LogP contribution in [0, 0.1) is 0 Å². The first-order chi connectivity index (χ1) is 14.4. The molecule has 0 saturated carbocycles. The van der Waals surface area contributed by atoms with E-state index in [1.807, 2.05) is 26.2 Å². The van der Waals surface area contributed by atoms with Crippen LogP contribution < -0.4 is 4.74 Å².